The summed E-state index contributed by atoms with van der Waals surface area (Å²) in [6, 6.07) is 0.563. The van der Waals surface area contributed by atoms with Crippen LogP contribution in [0.5, 0.6) is 0 Å². The number of carbonyl (C=O) groups excluding carboxylic acids is 1. The van der Waals surface area contributed by atoms with E-state index in [-0.39, 0.29) is 11.8 Å². The van der Waals surface area contributed by atoms with Gasteiger partial charge >= 0.3 is 6.18 Å². The van der Waals surface area contributed by atoms with Crippen molar-refractivity contribution in [2.75, 3.05) is 32.7 Å². The van der Waals surface area contributed by atoms with Gasteiger partial charge < -0.3 is 9.80 Å². The Hall–Kier alpha value is -1.90. The first-order valence-corrected chi connectivity index (χ1v) is 9.97. The first-order chi connectivity index (χ1) is 13.3. The van der Waals surface area contributed by atoms with Crippen LogP contribution in [0.25, 0.3) is 0 Å². The molecule has 0 bridgehead atoms. The van der Waals surface area contributed by atoms with Crippen molar-refractivity contribution in [1.82, 2.24) is 19.4 Å². The lowest BCUT2D eigenvalue weighted by atomic mass is 9.96. The van der Waals surface area contributed by atoms with Gasteiger partial charge in [0.1, 0.15) is 0 Å². The zero-order chi connectivity index (χ0) is 20.1. The summed E-state index contributed by atoms with van der Waals surface area (Å²) in [5, 5.41) is 0. The summed E-state index contributed by atoms with van der Waals surface area (Å²) in [7, 11) is 0. The Morgan fingerprint density at radius 3 is 2.46 bits per heavy atom. The molecule has 3 rings (SSSR count). The van der Waals surface area contributed by atoms with Crippen LogP contribution in [0.15, 0.2) is 17.2 Å². The van der Waals surface area contributed by atoms with Crippen LogP contribution in [0.4, 0.5) is 13.2 Å². The maximum Gasteiger partial charge on any atom is 0.433 e. The minimum Gasteiger partial charge on any atom is -0.341 e. The summed E-state index contributed by atoms with van der Waals surface area (Å²) in [6.45, 7) is 4.58. The van der Waals surface area contributed by atoms with Crippen molar-refractivity contribution in [2.45, 2.75) is 51.2 Å². The van der Waals surface area contributed by atoms with Crippen LogP contribution in [0.3, 0.4) is 0 Å². The Morgan fingerprint density at radius 2 is 1.79 bits per heavy atom. The summed E-state index contributed by atoms with van der Waals surface area (Å²) < 4.78 is 39.1. The Bertz CT molecular complexity index is 727. The third kappa shape index (κ3) is 5.56. The Labute approximate surface area is 162 Å². The van der Waals surface area contributed by atoms with Crippen molar-refractivity contribution in [3.8, 4) is 0 Å². The van der Waals surface area contributed by atoms with Crippen LogP contribution >= 0.6 is 0 Å². The summed E-state index contributed by atoms with van der Waals surface area (Å²) in [4.78, 5) is 31.7. The second kappa shape index (κ2) is 9.07. The van der Waals surface area contributed by atoms with Gasteiger partial charge in [0.2, 0.25) is 5.91 Å². The monoisotopic (exact) mass is 400 g/mol. The van der Waals surface area contributed by atoms with Crippen molar-refractivity contribution in [2.24, 2.45) is 5.92 Å². The number of piperidine rings is 1. The maximum atomic E-state index is 12.6. The van der Waals surface area contributed by atoms with Crippen LogP contribution in [-0.2, 0) is 17.5 Å². The Balaban J connectivity index is 1.45. The van der Waals surface area contributed by atoms with Crippen LogP contribution in [0.1, 0.15) is 44.2 Å². The number of hydrogen-bond acceptors (Lipinski definition) is 4. The molecule has 0 unspecified atom stereocenters. The van der Waals surface area contributed by atoms with E-state index in [1.54, 1.807) is 0 Å². The van der Waals surface area contributed by atoms with E-state index in [4.69, 9.17) is 0 Å². The predicted molar refractivity (Wildman–Crippen MR) is 97.7 cm³/mol. The molecule has 0 aliphatic carbocycles. The van der Waals surface area contributed by atoms with Gasteiger partial charge in [0, 0.05) is 38.7 Å². The summed E-state index contributed by atoms with van der Waals surface area (Å²) in [5.41, 5.74) is -1.81. The van der Waals surface area contributed by atoms with Gasteiger partial charge in [0.05, 0.1) is 6.33 Å². The molecular formula is C19H27F3N4O2. The molecule has 2 aliphatic rings. The summed E-state index contributed by atoms with van der Waals surface area (Å²) in [5.74, 6) is 0.494. The molecule has 0 N–H and O–H groups in total. The highest BCUT2D eigenvalue weighted by molar-refractivity contribution is 5.76. The molecule has 1 amide bonds. The van der Waals surface area contributed by atoms with E-state index in [2.05, 4.69) is 9.88 Å². The van der Waals surface area contributed by atoms with Crippen LogP contribution < -0.4 is 5.56 Å². The number of likely N-dealkylation sites (tertiary alicyclic amines) is 2. The standard InChI is InChI=1S/C19H27F3N4O2/c20-19(21,22)16-12-18(28)26(14-23-16)13-15-5-8-24(9-6-15)10-11-25-7-3-1-2-4-17(25)27/h12,14-15H,1-11,13H2. The fraction of sp³-hybridized carbons (Fsp3) is 0.737. The third-order valence-electron chi connectivity index (χ3n) is 5.69. The number of alkyl halides is 3. The average Bonchev–Trinajstić information content (AvgIpc) is 2.86. The van der Waals surface area contributed by atoms with E-state index < -0.39 is 17.4 Å². The molecule has 0 aromatic carbocycles. The highest BCUT2D eigenvalue weighted by Crippen LogP contribution is 2.26. The quantitative estimate of drug-likeness (QED) is 0.762. The van der Waals surface area contributed by atoms with Crippen molar-refractivity contribution >= 4 is 5.91 Å². The Kier molecular flexibility index (Phi) is 6.74. The number of carbonyl (C=O) groups is 1. The van der Waals surface area contributed by atoms with Gasteiger partial charge in [-0.1, -0.05) is 6.42 Å². The van der Waals surface area contributed by atoms with Gasteiger partial charge in [-0.3, -0.25) is 14.2 Å². The lowest BCUT2D eigenvalue weighted by molar-refractivity contribution is -0.141. The van der Waals surface area contributed by atoms with Crippen molar-refractivity contribution in [1.29, 1.82) is 0 Å². The van der Waals surface area contributed by atoms with Gasteiger partial charge in [0.15, 0.2) is 5.69 Å². The number of amides is 1. The van der Waals surface area contributed by atoms with E-state index in [1.165, 1.54) is 4.57 Å². The molecule has 2 saturated heterocycles. The van der Waals surface area contributed by atoms with Crippen molar-refractivity contribution in [3.05, 3.63) is 28.4 Å². The molecule has 0 radical (unpaired) electrons. The highest BCUT2D eigenvalue weighted by atomic mass is 19.4. The first-order valence-electron chi connectivity index (χ1n) is 9.97. The van der Waals surface area contributed by atoms with Gasteiger partial charge in [-0.15, -0.1) is 0 Å². The molecule has 156 valence electrons. The van der Waals surface area contributed by atoms with Crippen molar-refractivity contribution < 1.29 is 18.0 Å². The van der Waals surface area contributed by atoms with E-state index >= 15 is 0 Å². The zero-order valence-corrected chi connectivity index (χ0v) is 16.0. The SMILES string of the molecule is O=C1CCCCCN1CCN1CCC(Cn2cnc(C(F)(F)F)cc2=O)CC1. The molecule has 1 aromatic heterocycles. The number of aromatic nitrogens is 2. The van der Waals surface area contributed by atoms with Crippen molar-refractivity contribution in [3.63, 3.8) is 0 Å². The molecule has 0 atom stereocenters. The Morgan fingerprint density at radius 1 is 1.04 bits per heavy atom. The number of rotatable bonds is 5. The van der Waals surface area contributed by atoms with E-state index in [0.29, 0.717) is 19.0 Å². The van der Waals surface area contributed by atoms with Crippen LogP contribution in [0, 0.1) is 5.92 Å². The molecule has 28 heavy (non-hydrogen) atoms. The largest absolute Gasteiger partial charge is 0.433 e. The van der Waals surface area contributed by atoms with Crippen LogP contribution in [0.2, 0.25) is 0 Å². The molecule has 0 spiro atoms. The molecule has 2 fully saturated rings. The molecule has 0 saturated carbocycles. The molecule has 6 nitrogen and oxygen atoms in total. The van der Waals surface area contributed by atoms with Gasteiger partial charge in [-0.2, -0.15) is 13.2 Å². The normalized spacial score (nSPS) is 20.4. The first kappa shape index (κ1) is 20.8. The fourth-order valence-electron chi connectivity index (χ4n) is 3.93. The predicted octanol–water partition coefficient (Wildman–Crippen LogP) is 2.38. The third-order valence-corrected chi connectivity index (χ3v) is 5.69. The highest BCUT2D eigenvalue weighted by Gasteiger charge is 2.33. The molecular weight excluding hydrogens is 373 g/mol. The van der Waals surface area contributed by atoms with E-state index in [9.17, 15) is 22.8 Å². The zero-order valence-electron chi connectivity index (χ0n) is 16.0. The minimum atomic E-state index is -4.60. The van der Waals surface area contributed by atoms with Crippen LogP contribution in [-0.4, -0.2) is 58.0 Å². The molecule has 1 aromatic rings. The van der Waals surface area contributed by atoms with E-state index in [1.807, 2.05) is 4.90 Å². The van der Waals surface area contributed by atoms with E-state index in [0.717, 1.165) is 71.2 Å². The van der Waals surface area contributed by atoms with Gasteiger partial charge in [0.25, 0.3) is 5.56 Å². The molecule has 2 aliphatic heterocycles. The number of hydrogen-bond donors (Lipinski definition) is 0. The lowest BCUT2D eigenvalue weighted by Gasteiger charge is -2.33. The number of nitrogens with zero attached hydrogens (tertiary/aromatic N) is 4. The number of halogens is 3. The second-order valence-corrected chi connectivity index (χ2v) is 7.74. The molecule has 9 heteroatoms. The lowest BCUT2D eigenvalue weighted by Crippen LogP contribution is -2.42. The maximum absolute atomic E-state index is 12.6. The fourth-order valence-corrected chi connectivity index (χ4v) is 3.93. The average molecular weight is 400 g/mol. The smallest absolute Gasteiger partial charge is 0.341 e. The minimum absolute atomic E-state index is 0.243. The molecule has 3 heterocycles. The topological polar surface area (TPSA) is 58.4 Å². The summed E-state index contributed by atoms with van der Waals surface area (Å²) in [6.07, 6.45) is 1.98. The second-order valence-electron chi connectivity index (χ2n) is 7.74. The van der Waals surface area contributed by atoms with Gasteiger partial charge in [-0.25, -0.2) is 4.98 Å². The summed E-state index contributed by atoms with van der Waals surface area (Å²) >= 11 is 0. The van der Waals surface area contributed by atoms with Gasteiger partial charge in [-0.05, 0) is 44.7 Å².